The van der Waals surface area contributed by atoms with E-state index in [2.05, 4.69) is 125 Å². The Kier molecular flexibility index (Phi) is 5.45. The van der Waals surface area contributed by atoms with Gasteiger partial charge in [0.05, 0.1) is 6.20 Å². The molecule has 0 saturated heterocycles. The first-order valence-electron chi connectivity index (χ1n) is 12.7. The molecule has 0 saturated carbocycles. The van der Waals surface area contributed by atoms with Crippen molar-refractivity contribution in [2.24, 2.45) is 0 Å². The molecule has 0 amide bonds. The van der Waals surface area contributed by atoms with E-state index in [-0.39, 0.29) is 0 Å². The fraction of sp³-hybridized carbons (Fsp3) is 0. The van der Waals surface area contributed by atoms with Crippen molar-refractivity contribution in [3.8, 4) is 22.3 Å². The average Bonchev–Trinajstić information content (AvgIpc) is 3.37. The van der Waals surface area contributed by atoms with Crippen LogP contribution in [0.1, 0.15) is 0 Å². The lowest BCUT2D eigenvalue weighted by Gasteiger charge is -2.25. The van der Waals surface area contributed by atoms with Crippen LogP contribution in [0.15, 0.2) is 150 Å². The zero-order chi connectivity index (χ0) is 25.3. The zero-order valence-electron chi connectivity index (χ0n) is 20.7. The normalized spacial score (nSPS) is 11.2. The molecule has 2 heterocycles. The molecular weight excluding hydrogens is 464 g/mol. The number of furan rings is 1. The molecule has 0 N–H and O–H groups in total. The maximum atomic E-state index is 6.14. The Balaban J connectivity index is 1.26. The summed E-state index contributed by atoms with van der Waals surface area (Å²) in [5.74, 6) is 0. The summed E-state index contributed by atoms with van der Waals surface area (Å²) < 4.78 is 6.14. The second-order valence-corrected chi connectivity index (χ2v) is 9.32. The lowest BCUT2D eigenvalue weighted by atomic mass is 10.00. The van der Waals surface area contributed by atoms with Gasteiger partial charge in [-0.2, -0.15) is 0 Å². The van der Waals surface area contributed by atoms with Crippen LogP contribution in [0, 0.1) is 0 Å². The summed E-state index contributed by atoms with van der Waals surface area (Å²) in [5, 5.41) is 2.17. The van der Waals surface area contributed by atoms with E-state index in [0.29, 0.717) is 0 Å². The SMILES string of the molecule is c1ccc(-c2ccc(-c3ccc(N(c4ccccc4)c4ccc5c(c4)oc4cnccc45)cc3)cc2)cc1. The third-order valence-electron chi connectivity index (χ3n) is 6.98. The molecule has 0 unspecified atom stereocenters. The molecule has 180 valence electrons. The quantitative estimate of drug-likeness (QED) is 0.241. The molecule has 0 spiro atoms. The Morgan fingerprint density at radius 2 is 0.974 bits per heavy atom. The van der Waals surface area contributed by atoms with Gasteiger partial charge in [-0.05, 0) is 64.7 Å². The van der Waals surface area contributed by atoms with Crippen LogP contribution in [0.5, 0.6) is 0 Å². The van der Waals surface area contributed by atoms with Gasteiger partial charge >= 0.3 is 0 Å². The summed E-state index contributed by atoms with van der Waals surface area (Å²) >= 11 is 0. The van der Waals surface area contributed by atoms with Crippen molar-refractivity contribution in [2.75, 3.05) is 4.90 Å². The second kappa shape index (κ2) is 9.38. The van der Waals surface area contributed by atoms with Crippen molar-refractivity contribution in [3.63, 3.8) is 0 Å². The van der Waals surface area contributed by atoms with E-state index in [1.165, 1.54) is 22.3 Å². The van der Waals surface area contributed by atoms with Crippen LogP contribution in [0.4, 0.5) is 17.1 Å². The fourth-order valence-corrected chi connectivity index (χ4v) is 5.07. The monoisotopic (exact) mass is 488 g/mol. The van der Waals surface area contributed by atoms with Gasteiger partial charge in [-0.15, -0.1) is 0 Å². The van der Waals surface area contributed by atoms with E-state index in [1.807, 2.05) is 18.2 Å². The van der Waals surface area contributed by atoms with Crippen LogP contribution < -0.4 is 4.90 Å². The van der Waals surface area contributed by atoms with Crippen LogP contribution in [0.25, 0.3) is 44.2 Å². The van der Waals surface area contributed by atoms with Crippen LogP contribution in [-0.2, 0) is 0 Å². The van der Waals surface area contributed by atoms with Gasteiger partial charge in [-0.1, -0.05) is 84.9 Å². The van der Waals surface area contributed by atoms with Crippen molar-refractivity contribution in [2.45, 2.75) is 0 Å². The molecule has 0 fully saturated rings. The minimum atomic E-state index is 0.800. The van der Waals surface area contributed by atoms with Crippen molar-refractivity contribution < 1.29 is 4.42 Å². The summed E-state index contributed by atoms with van der Waals surface area (Å²) in [6.07, 6.45) is 3.58. The predicted octanol–water partition coefficient (Wildman–Crippen LogP) is 9.78. The molecule has 3 heteroatoms. The van der Waals surface area contributed by atoms with E-state index in [1.54, 1.807) is 12.4 Å². The van der Waals surface area contributed by atoms with Crippen LogP contribution in [-0.4, -0.2) is 4.98 Å². The van der Waals surface area contributed by atoms with E-state index in [0.717, 1.165) is 39.0 Å². The number of hydrogen-bond donors (Lipinski definition) is 0. The summed E-state index contributed by atoms with van der Waals surface area (Å²) in [4.78, 5) is 6.47. The fourth-order valence-electron chi connectivity index (χ4n) is 5.07. The minimum absolute atomic E-state index is 0.800. The standard InChI is InChI=1S/C35H24N2O/c1-3-7-25(8-4-1)26-11-13-27(14-12-26)28-15-17-30(18-16-28)37(29-9-5-2-6-10-29)31-19-20-32-33-21-22-36-24-35(33)38-34(32)23-31/h1-24H. The average molecular weight is 489 g/mol. The Morgan fingerprint density at radius 1 is 0.447 bits per heavy atom. The van der Waals surface area contributed by atoms with E-state index >= 15 is 0 Å². The largest absolute Gasteiger partial charge is 0.454 e. The number of para-hydroxylation sites is 1. The first kappa shape index (κ1) is 22.1. The number of benzene rings is 5. The molecule has 7 aromatic rings. The highest BCUT2D eigenvalue weighted by molar-refractivity contribution is 6.05. The van der Waals surface area contributed by atoms with Gasteiger partial charge in [-0.3, -0.25) is 4.98 Å². The van der Waals surface area contributed by atoms with Gasteiger partial charge in [0, 0.05) is 40.1 Å². The Bertz CT molecular complexity index is 1840. The number of fused-ring (bicyclic) bond motifs is 3. The molecule has 0 radical (unpaired) electrons. The van der Waals surface area contributed by atoms with E-state index in [4.69, 9.17) is 4.42 Å². The molecule has 5 aromatic carbocycles. The molecule has 0 atom stereocenters. The maximum absolute atomic E-state index is 6.14. The highest BCUT2D eigenvalue weighted by atomic mass is 16.3. The maximum Gasteiger partial charge on any atom is 0.153 e. The third kappa shape index (κ3) is 4.00. The van der Waals surface area contributed by atoms with Crippen LogP contribution >= 0.6 is 0 Å². The number of rotatable bonds is 5. The predicted molar refractivity (Wildman–Crippen MR) is 157 cm³/mol. The molecule has 0 aliphatic carbocycles. The van der Waals surface area contributed by atoms with Crippen LogP contribution in [0.3, 0.4) is 0 Å². The Labute approximate surface area is 221 Å². The molecule has 38 heavy (non-hydrogen) atoms. The number of nitrogens with zero attached hydrogens (tertiary/aromatic N) is 2. The molecule has 3 nitrogen and oxygen atoms in total. The van der Waals surface area contributed by atoms with Gasteiger partial charge in [0.15, 0.2) is 5.58 Å². The van der Waals surface area contributed by atoms with Crippen molar-refractivity contribution in [1.29, 1.82) is 0 Å². The number of pyridine rings is 1. The summed E-state index contributed by atoms with van der Waals surface area (Å²) in [6.45, 7) is 0. The third-order valence-corrected chi connectivity index (χ3v) is 6.98. The minimum Gasteiger partial charge on any atom is -0.454 e. The summed E-state index contributed by atoms with van der Waals surface area (Å²) in [6, 6.07) is 46.8. The Morgan fingerprint density at radius 3 is 1.66 bits per heavy atom. The molecule has 2 aromatic heterocycles. The Hall–Kier alpha value is -5.15. The van der Waals surface area contributed by atoms with Gasteiger partial charge in [0.2, 0.25) is 0 Å². The van der Waals surface area contributed by atoms with Gasteiger partial charge < -0.3 is 9.32 Å². The molecule has 7 rings (SSSR count). The topological polar surface area (TPSA) is 29.3 Å². The van der Waals surface area contributed by atoms with Crippen molar-refractivity contribution >= 4 is 39.0 Å². The number of hydrogen-bond acceptors (Lipinski definition) is 3. The summed E-state index contributed by atoms with van der Waals surface area (Å²) in [7, 11) is 0. The first-order chi connectivity index (χ1) is 18.8. The molecule has 0 aliphatic rings. The number of anilines is 3. The van der Waals surface area contributed by atoms with Gasteiger partial charge in [-0.25, -0.2) is 0 Å². The molecule has 0 bridgehead atoms. The first-order valence-corrected chi connectivity index (χ1v) is 12.7. The zero-order valence-corrected chi connectivity index (χ0v) is 20.7. The number of aromatic nitrogens is 1. The highest BCUT2D eigenvalue weighted by Gasteiger charge is 2.15. The lowest BCUT2D eigenvalue weighted by Crippen LogP contribution is -2.09. The smallest absolute Gasteiger partial charge is 0.153 e. The van der Waals surface area contributed by atoms with Gasteiger partial charge in [0.1, 0.15) is 5.58 Å². The van der Waals surface area contributed by atoms with Gasteiger partial charge in [0.25, 0.3) is 0 Å². The molecular formula is C35H24N2O. The van der Waals surface area contributed by atoms with E-state index < -0.39 is 0 Å². The molecule has 0 aliphatic heterocycles. The van der Waals surface area contributed by atoms with Crippen LogP contribution in [0.2, 0.25) is 0 Å². The summed E-state index contributed by atoms with van der Waals surface area (Å²) in [5.41, 5.74) is 9.68. The van der Waals surface area contributed by atoms with Crippen molar-refractivity contribution in [1.82, 2.24) is 4.98 Å². The second-order valence-electron chi connectivity index (χ2n) is 9.32. The highest BCUT2D eigenvalue weighted by Crippen LogP contribution is 2.38. The van der Waals surface area contributed by atoms with E-state index in [9.17, 15) is 0 Å². The van der Waals surface area contributed by atoms with Crippen molar-refractivity contribution in [3.05, 3.63) is 146 Å². The lowest BCUT2D eigenvalue weighted by molar-refractivity contribution is 0.667.